The zero-order chi connectivity index (χ0) is 2.71. The molecule has 21 valence electrons. The molecular formula is H2Cl2CsGe. The number of rotatable bonds is 0. The van der Waals surface area contributed by atoms with Crippen molar-refractivity contribution in [3.8, 4) is 0 Å². The molecule has 0 unspecified atom stereocenters. The monoisotopic (exact) mass is 279 g/mol. The van der Waals surface area contributed by atoms with Crippen LogP contribution in [0.1, 0.15) is 0 Å². The van der Waals surface area contributed by atoms with Crippen LogP contribution in [0.3, 0.4) is 0 Å². The number of hydrogen-bond acceptors (Lipinski definition) is 0. The molecule has 1 radical (unpaired) electrons. The van der Waals surface area contributed by atoms with Crippen LogP contribution < -0.4 is 0 Å². The summed E-state index contributed by atoms with van der Waals surface area (Å²) in [6.07, 6.45) is 0. The van der Waals surface area contributed by atoms with E-state index in [9.17, 15) is 0 Å². The molecule has 0 amide bonds. The van der Waals surface area contributed by atoms with Gasteiger partial charge in [0.2, 0.25) is 0 Å². The van der Waals surface area contributed by atoms with Gasteiger partial charge in [-0.2, -0.15) is 0 Å². The Morgan fingerprint density at radius 2 is 1.25 bits per heavy atom. The minimum atomic E-state index is -0.931. The molecule has 4 heavy (non-hydrogen) atoms. The molecule has 0 atom stereocenters. The molecule has 0 aromatic heterocycles. The van der Waals surface area contributed by atoms with Crippen LogP contribution in [-0.4, -0.2) is 82.5 Å². The Bertz CT molecular complexity index is 6.00. The molecule has 0 aliphatic heterocycles. The van der Waals surface area contributed by atoms with Crippen molar-refractivity contribution in [1.29, 1.82) is 0 Å². The fraction of sp³-hybridized carbons (Fsp3) is 0. The molecule has 0 rings (SSSR count). The van der Waals surface area contributed by atoms with Gasteiger partial charge in [-0.1, -0.05) is 0 Å². The van der Waals surface area contributed by atoms with Crippen LogP contribution in [0.5, 0.6) is 0 Å². The second kappa shape index (κ2) is 9.49. The van der Waals surface area contributed by atoms with Crippen molar-refractivity contribution < 1.29 is 0 Å². The van der Waals surface area contributed by atoms with E-state index in [0.29, 0.717) is 0 Å². The maximum atomic E-state index is 4.95. The zero-order valence-electron chi connectivity index (χ0n) is 2.46. The van der Waals surface area contributed by atoms with Gasteiger partial charge in [-0.3, -0.25) is 0 Å². The smallest absolute Gasteiger partial charge is 0 e. The summed E-state index contributed by atoms with van der Waals surface area (Å²) in [4.78, 5) is 0. The van der Waals surface area contributed by atoms with Gasteiger partial charge in [-0.15, -0.1) is 0 Å². The van der Waals surface area contributed by atoms with Crippen LogP contribution in [-0.2, 0) is 0 Å². The van der Waals surface area contributed by atoms with Crippen molar-refractivity contribution >= 4 is 102 Å². The molecule has 0 saturated heterocycles. The summed E-state index contributed by atoms with van der Waals surface area (Å²) in [5.74, 6) is 0. The summed E-state index contributed by atoms with van der Waals surface area (Å²) >= 11 is -0.931. The topological polar surface area (TPSA) is 0 Å². The van der Waals surface area contributed by atoms with E-state index in [4.69, 9.17) is 20.0 Å². The van der Waals surface area contributed by atoms with E-state index in [1.165, 1.54) is 0 Å². The normalized spacial score (nSPS) is 4.50. The Morgan fingerprint density at radius 1 is 1.25 bits per heavy atom. The Kier molecular flexibility index (Phi) is 24.2. The molecule has 0 aromatic carbocycles. The second-order valence-corrected chi connectivity index (χ2v) is 4.72. The first-order chi connectivity index (χ1) is 1.41. The van der Waals surface area contributed by atoms with Gasteiger partial charge in [0.25, 0.3) is 0 Å². The molecule has 0 saturated carbocycles. The molecule has 0 aromatic rings. The standard InChI is InChI=1S/Cl2GeH2.Cs/c1-3-2;/h3H2;. The van der Waals surface area contributed by atoms with E-state index < -0.39 is 13.6 Å². The maximum absolute atomic E-state index is 4.95. The minimum Gasteiger partial charge on any atom is 0 e. The first-order valence-electron chi connectivity index (χ1n) is 0.535. The van der Waals surface area contributed by atoms with Crippen molar-refractivity contribution in [1.82, 2.24) is 0 Å². The van der Waals surface area contributed by atoms with Crippen molar-refractivity contribution in [3.63, 3.8) is 0 Å². The largest absolute Gasteiger partial charge is 0 e. The van der Waals surface area contributed by atoms with E-state index in [2.05, 4.69) is 0 Å². The van der Waals surface area contributed by atoms with Gasteiger partial charge in [-0.25, -0.2) is 0 Å². The van der Waals surface area contributed by atoms with Crippen molar-refractivity contribution in [2.75, 3.05) is 0 Å². The Labute approximate surface area is 99.3 Å². The zero-order valence-corrected chi connectivity index (χ0v) is 13.2. The van der Waals surface area contributed by atoms with Gasteiger partial charge in [0.05, 0.1) is 0 Å². The summed E-state index contributed by atoms with van der Waals surface area (Å²) in [6, 6.07) is 0. The fourth-order valence-corrected chi connectivity index (χ4v) is 0. The predicted molar refractivity (Wildman–Crippen MR) is 26.0 cm³/mol. The van der Waals surface area contributed by atoms with E-state index in [1.807, 2.05) is 0 Å². The van der Waals surface area contributed by atoms with Gasteiger partial charge >= 0.3 is 33.6 Å². The SMILES string of the molecule is [Cl][GeH2][Cl].[Cs]. The van der Waals surface area contributed by atoms with Crippen molar-refractivity contribution in [2.45, 2.75) is 0 Å². The Balaban J connectivity index is 0. The Morgan fingerprint density at radius 3 is 1.25 bits per heavy atom. The van der Waals surface area contributed by atoms with Gasteiger partial charge in [-0.05, 0) is 0 Å². The predicted octanol–water partition coefficient (Wildman–Crippen LogP) is 0.0820. The van der Waals surface area contributed by atoms with Crippen molar-refractivity contribution in [2.24, 2.45) is 0 Å². The molecule has 0 bridgehead atoms. The summed E-state index contributed by atoms with van der Waals surface area (Å²) in [5.41, 5.74) is 0. The van der Waals surface area contributed by atoms with Crippen LogP contribution in [0.15, 0.2) is 0 Å². The van der Waals surface area contributed by atoms with E-state index in [0.717, 1.165) is 0 Å². The first-order valence-corrected chi connectivity index (χ1v) is 8.33. The summed E-state index contributed by atoms with van der Waals surface area (Å²) in [5, 5.41) is 0. The molecule has 4 heteroatoms. The molecule has 0 aliphatic rings. The minimum absolute atomic E-state index is 0. The summed E-state index contributed by atoms with van der Waals surface area (Å²) in [7, 11) is 9.90. The second-order valence-electron chi connectivity index (χ2n) is 0.101. The van der Waals surface area contributed by atoms with E-state index >= 15 is 0 Å². The molecule has 0 aliphatic carbocycles. The molecule has 0 N–H and O–H groups in total. The van der Waals surface area contributed by atoms with Crippen molar-refractivity contribution in [3.05, 3.63) is 0 Å². The number of hydrogen-bond donors (Lipinski definition) is 0. The quantitative estimate of drug-likeness (QED) is 0.551. The third-order valence-corrected chi connectivity index (χ3v) is 0. The summed E-state index contributed by atoms with van der Waals surface area (Å²) < 4.78 is 0. The van der Waals surface area contributed by atoms with Crippen LogP contribution in [0.2, 0.25) is 0 Å². The van der Waals surface area contributed by atoms with Gasteiger partial charge in [0, 0.05) is 68.9 Å². The molecular weight excluding hydrogens is 276 g/mol. The average molecular weight is 278 g/mol. The summed E-state index contributed by atoms with van der Waals surface area (Å²) in [6.45, 7) is 0. The Hall–Kier alpha value is 3.17. The average Bonchev–Trinajstić information content (AvgIpc) is 0.918. The third-order valence-electron chi connectivity index (χ3n) is 0. The van der Waals surface area contributed by atoms with Gasteiger partial charge in [0.15, 0.2) is 0 Å². The van der Waals surface area contributed by atoms with Crippen LogP contribution >= 0.6 is 20.0 Å². The fourth-order valence-electron chi connectivity index (χ4n) is 0. The van der Waals surface area contributed by atoms with Crippen LogP contribution in [0.25, 0.3) is 0 Å². The molecule has 0 nitrogen and oxygen atoms in total. The van der Waals surface area contributed by atoms with Crippen LogP contribution in [0, 0.1) is 0 Å². The van der Waals surface area contributed by atoms with Gasteiger partial charge < -0.3 is 0 Å². The third kappa shape index (κ3) is 8.95. The van der Waals surface area contributed by atoms with E-state index in [1.54, 1.807) is 0 Å². The maximum Gasteiger partial charge on any atom is 0 e. The van der Waals surface area contributed by atoms with Crippen LogP contribution in [0.4, 0.5) is 0 Å². The van der Waals surface area contributed by atoms with E-state index in [-0.39, 0.29) is 68.9 Å². The van der Waals surface area contributed by atoms with Gasteiger partial charge in [0.1, 0.15) is 0 Å². The first kappa shape index (κ1) is 10.2. The number of halogens is 2. The molecule has 0 spiro atoms. The molecule has 0 fully saturated rings. The molecule has 0 heterocycles.